The molecule has 0 atom stereocenters. The number of pyridine rings is 1. The van der Waals surface area contributed by atoms with Crippen LogP contribution in [0, 0.1) is 19.7 Å². The lowest BCUT2D eigenvalue weighted by atomic mass is 10.1. The highest BCUT2D eigenvalue weighted by atomic mass is 19.1. The molecule has 1 aliphatic heterocycles. The fraction of sp³-hybridized carbons (Fsp3) is 0.0909. The lowest BCUT2D eigenvalue weighted by Gasteiger charge is -2.26. The summed E-state index contributed by atoms with van der Waals surface area (Å²) in [4.78, 5) is 42.4. The molecular weight excluding hydrogens is 387 g/mol. The Morgan fingerprint density at radius 2 is 1.83 bits per heavy atom. The zero-order valence-electron chi connectivity index (χ0n) is 16.2. The van der Waals surface area contributed by atoms with Crippen molar-refractivity contribution in [3.63, 3.8) is 0 Å². The van der Waals surface area contributed by atoms with Crippen LogP contribution in [-0.4, -0.2) is 27.4 Å². The zero-order valence-corrected chi connectivity index (χ0v) is 16.2. The van der Waals surface area contributed by atoms with Crippen LogP contribution < -0.4 is 10.2 Å². The van der Waals surface area contributed by atoms with Crippen LogP contribution >= 0.6 is 0 Å². The van der Waals surface area contributed by atoms with Crippen molar-refractivity contribution in [2.75, 3.05) is 4.90 Å². The van der Waals surface area contributed by atoms with E-state index in [0.29, 0.717) is 10.5 Å². The molecule has 1 aromatic carbocycles. The molecule has 0 radical (unpaired) electrons. The first kappa shape index (κ1) is 19.3. The van der Waals surface area contributed by atoms with Gasteiger partial charge in [0.15, 0.2) is 0 Å². The summed E-state index contributed by atoms with van der Waals surface area (Å²) in [6.07, 6.45) is 4.78. The molecule has 3 heterocycles. The van der Waals surface area contributed by atoms with Gasteiger partial charge in [-0.2, -0.15) is 0 Å². The summed E-state index contributed by atoms with van der Waals surface area (Å²) in [5.74, 6) is -2.46. The number of carbonyl (C=O) groups is 3. The van der Waals surface area contributed by atoms with Crippen molar-refractivity contribution in [1.82, 2.24) is 14.9 Å². The van der Waals surface area contributed by atoms with Crippen LogP contribution in [0.3, 0.4) is 0 Å². The number of hydrogen-bond donors (Lipinski definition) is 1. The summed E-state index contributed by atoms with van der Waals surface area (Å²) in [5.41, 5.74) is 2.63. The molecule has 2 aromatic heterocycles. The van der Waals surface area contributed by atoms with Gasteiger partial charge < -0.3 is 4.57 Å². The number of carbonyl (C=O) groups excluding carboxylic acids is 3. The summed E-state index contributed by atoms with van der Waals surface area (Å²) >= 11 is 0. The number of urea groups is 1. The van der Waals surface area contributed by atoms with E-state index in [9.17, 15) is 18.8 Å². The van der Waals surface area contributed by atoms with Gasteiger partial charge in [-0.3, -0.25) is 19.9 Å². The molecule has 0 saturated carbocycles. The largest absolute Gasteiger partial charge is 0.336 e. The Morgan fingerprint density at radius 3 is 2.53 bits per heavy atom. The fourth-order valence-electron chi connectivity index (χ4n) is 3.48. The van der Waals surface area contributed by atoms with Crippen molar-refractivity contribution in [2.45, 2.75) is 13.8 Å². The number of halogens is 1. The summed E-state index contributed by atoms with van der Waals surface area (Å²) in [7, 11) is 0. The van der Waals surface area contributed by atoms with Crippen LogP contribution in [0.4, 0.5) is 14.9 Å². The number of nitrogens with zero attached hydrogens (tertiary/aromatic N) is 3. The van der Waals surface area contributed by atoms with Gasteiger partial charge in [0.1, 0.15) is 11.4 Å². The fourth-order valence-corrected chi connectivity index (χ4v) is 3.48. The van der Waals surface area contributed by atoms with E-state index in [2.05, 4.69) is 10.3 Å². The lowest BCUT2D eigenvalue weighted by Crippen LogP contribution is -2.54. The third-order valence-corrected chi connectivity index (χ3v) is 4.87. The molecule has 0 unspecified atom stereocenters. The van der Waals surface area contributed by atoms with Gasteiger partial charge in [0.25, 0.3) is 11.8 Å². The molecule has 4 rings (SSSR count). The highest BCUT2D eigenvalue weighted by Gasteiger charge is 2.38. The Balaban J connectivity index is 1.78. The molecular formula is C22H17FN4O3. The normalized spacial score (nSPS) is 15.6. The minimum absolute atomic E-state index is 0.223. The van der Waals surface area contributed by atoms with E-state index >= 15 is 0 Å². The van der Waals surface area contributed by atoms with Crippen molar-refractivity contribution in [1.29, 1.82) is 0 Å². The van der Waals surface area contributed by atoms with Crippen molar-refractivity contribution in [3.8, 4) is 5.69 Å². The molecule has 150 valence electrons. The Hall–Kier alpha value is -4.07. The predicted molar refractivity (Wildman–Crippen MR) is 108 cm³/mol. The number of imide groups is 2. The van der Waals surface area contributed by atoms with Crippen LogP contribution in [0.25, 0.3) is 11.8 Å². The predicted octanol–water partition coefficient (Wildman–Crippen LogP) is 3.29. The molecule has 1 N–H and O–H groups in total. The van der Waals surface area contributed by atoms with Gasteiger partial charge in [-0.15, -0.1) is 0 Å². The number of para-hydroxylation sites is 1. The Kier molecular flexibility index (Phi) is 4.75. The number of aromatic nitrogens is 2. The van der Waals surface area contributed by atoms with Crippen LogP contribution in [0.5, 0.6) is 0 Å². The van der Waals surface area contributed by atoms with Crippen LogP contribution in [0.1, 0.15) is 17.0 Å². The highest BCUT2D eigenvalue weighted by Crippen LogP contribution is 2.27. The Morgan fingerprint density at radius 1 is 1.07 bits per heavy atom. The number of aryl methyl sites for hydroxylation is 1. The quantitative estimate of drug-likeness (QED) is 0.536. The Labute approximate surface area is 171 Å². The molecule has 1 saturated heterocycles. The molecule has 1 fully saturated rings. The highest BCUT2D eigenvalue weighted by molar-refractivity contribution is 6.39. The lowest BCUT2D eigenvalue weighted by molar-refractivity contribution is -0.122. The number of amides is 4. The molecule has 0 aliphatic carbocycles. The van der Waals surface area contributed by atoms with Crippen molar-refractivity contribution in [3.05, 3.63) is 83.2 Å². The van der Waals surface area contributed by atoms with E-state index in [1.54, 1.807) is 12.4 Å². The zero-order chi connectivity index (χ0) is 21.4. The molecule has 1 aliphatic rings. The molecule has 0 spiro atoms. The third-order valence-electron chi connectivity index (χ3n) is 4.87. The van der Waals surface area contributed by atoms with Gasteiger partial charge in [-0.05, 0) is 55.8 Å². The number of nitrogens with one attached hydrogen (secondary N) is 1. The first-order chi connectivity index (χ1) is 14.4. The van der Waals surface area contributed by atoms with Crippen molar-refractivity contribution >= 4 is 29.6 Å². The van der Waals surface area contributed by atoms with Crippen LogP contribution in [0.2, 0.25) is 0 Å². The second-order valence-electron chi connectivity index (χ2n) is 6.78. The molecule has 3 aromatic rings. The second kappa shape index (κ2) is 7.40. The van der Waals surface area contributed by atoms with E-state index in [1.165, 1.54) is 24.3 Å². The first-order valence-electron chi connectivity index (χ1n) is 9.14. The van der Waals surface area contributed by atoms with Gasteiger partial charge >= 0.3 is 6.03 Å². The molecule has 8 heteroatoms. The van der Waals surface area contributed by atoms with Gasteiger partial charge in [0, 0.05) is 17.6 Å². The van der Waals surface area contributed by atoms with Crippen molar-refractivity contribution in [2.24, 2.45) is 0 Å². The molecule has 4 amide bonds. The van der Waals surface area contributed by atoms with Crippen molar-refractivity contribution < 1.29 is 18.8 Å². The van der Waals surface area contributed by atoms with Crippen LogP contribution in [0.15, 0.2) is 60.4 Å². The standard InChI is InChI=1S/C22H17FN4O3/c1-13-10-15(14(2)26(13)16-6-5-9-24-12-16)11-17-20(28)25-22(30)27(21(17)29)19-8-4-3-7-18(19)23/h3-12H,1-2H3,(H,25,28,30)/b17-11+. The molecule has 0 bridgehead atoms. The van der Waals surface area contributed by atoms with E-state index in [4.69, 9.17) is 0 Å². The maximum Gasteiger partial charge on any atom is 0.336 e. The topological polar surface area (TPSA) is 84.3 Å². The SMILES string of the molecule is Cc1cc(/C=C2\C(=O)NC(=O)N(c3ccccc3F)C2=O)c(C)n1-c1cccnc1. The maximum absolute atomic E-state index is 14.2. The number of hydrogen-bond acceptors (Lipinski definition) is 4. The van der Waals surface area contributed by atoms with Gasteiger partial charge in [-0.1, -0.05) is 12.1 Å². The van der Waals surface area contributed by atoms with E-state index in [1.807, 2.05) is 36.6 Å². The van der Waals surface area contributed by atoms with E-state index in [0.717, 1.165) is 23.1 Å². The number of barbiturate groups is 1. The first-order valence-corrected chi connectivity index (χ1v) is 9.14. The summed E-state index contributed by atoms with van der Waals surface area (Å²) < 4.78 is 16.1. The average molecular weight is 404 g/mol. The number of rotatable bonds is 3. The minimum atomic E-state index is -0.993. The average Bonchev–Trinajstić information content (AvgIpc) is 3.00. The monoisotopic (exact) mass is 404 g/mol. The van der Waals surface area contributed by atoms with E-state index in [-0.39, 0.29) is 11.3 Å². The second-order valence-corrected chi connectivity index (χ2v) is 6.78. The van der Waals surface area contributed by atoms with Crippen LogP contribution in [-0.2, 0) is 9.59 Å². The third kappa shape index (κ3) is 3.18. The molecule has 30 heavy (non-hydrogen) atoms. The van der Waals surface area contributed by atoms with Gasteiger partial charge in [-0.25, -0.2) is 14.1 Å². The Bertz CT molecular complexity index is 1210. The number of anilines is 1. The summed E-state index contributed by atoms with van der Waals surface area (Å²) in [6.45, 7) is 3.73. The minimum Gasteiger partial charge on any atom is -0.316 e. The molecule has 7 nitrogen and oxygen atoms in total. The summed E-state index contributed by atoms with van der Waals surface area (Å²) in [6, 6.07) is 9.91. The number of benzene rings is 1. The van der Waals surface area contributed by atoms with Gasteiger partial charge in [0.05, 0.1) is 17.6 Å². The van der Waals surface area contributed by atoms with E-state index < -0.39 is 23.7 Å². The van der Waals surface area contributed by atoms with Gasteiger partial charge in [0.2, 0.25) is 0 Å². The summed E-state index contributed by atoms with van der Waals surface area (Å²) in [5, 5.41) is 2.10. The smallest absolute Gasteiger partial charge is 0.316 e. The maximum atomic E-state index is 14.2.